The number of rotatable bonds is 6. The van der Waals surface area contributed by atoms with Crippen LogP contribution in [0.3, 0.4) is 0 Å². The first-order valence-electron chi connectivity index (χ1n) is 7.37. The first-order valence-corrected chi connectivity index (χ1v) is 8.25. The number of esters is 1. The zero-order valence-electron chi connectivity index (χ0n) is 13.0. The van der Waals surface area contributed by atoms with Gasteiger partial charge in [0.15, 0.2) is 0 Å². The van der Waals surface area contributed by atoms with Crippen LogP contribution < -0.4 is 0 Å². The highest BCUT2D eigenvalue weighted by Gasteiger charge is 2.15. The topological polar surface area (TPSA) is 95.2 Å². The first kappa shape index (κ1) is 16.7. The predicted octanol–water partition coefficient (Wildman–Crippen LogP) is 3.40. The molecule has 0 N–H and O–H groups in total. The lowest BCUT2D eigenvalue weighted by Crippen LogP contribution is -2.09. The van der Waals surface area contributed by atoms with Gasteiger partial charge in [0, 0.05) is 17.6 Å². The van der Waals surface area contributed by atoms with Crippen LogP contribution in [0.25, 0.3) is 10.7 Å². The number of hydrogen-bond acceptors (Lipinski definition) is 7. The van der Waals surface area contributed by atoms with Gasteiger partial charge in [0.2, 0.25) is 0 Å². The minimum atomic E-state index is -0.497. The number of benzene rings is 1. The largest absolute Gasteiger partial charge is 0.460 e. The summed E-state index contributed by atoms with van der Waals surface area (Å²) in [5.74, 6) is -0.490. The van der Waals surface area contributed by atoms with Crippen molar-refractivity contribution < 1.29 is 14.5 Å². The molecule has 25 heavy (non-hydrogen) atoms. The first-order chi connectivity index (χ1) is 12.1. The van der Waals surface area contributed by atoms with E-state index in [-0.39, 0.29) is 18.7 Å². The molecule has 1 aromatic carbocycles. The third-order valence-corrected chi connectivity index (χ3v) is 4.25. The number of thiazole rings is 1. The predicted molar refractivity (Wildman–Crippen MR) is 91.9 cm³/mol. The Bertz CT molecular complexity index is 896. The van der Waals surface area contributed by atoms with Crippen molar-refractivity contribution in [3.8, 4) is 10.7 Å². The molecular formula is C17H13N3O4S. The lowest BCUT2D eigenvalue weighted by atomic mass is 10.2. The molecule has 0 fully saturated rings. The molecule has 8 heteroatoms. The molecule has 2 heterocycles. The van der Waals surface area contributed by atoms with E-state index in [2.05, 4.69) is 9.97 Å². The van der Waals surface area contributed by atoms with Crippen LogP contribution in [0, 0.1) is 10.1 Å². The molecule has 0 aliphatic carbocycles. The van der Waals surface area contributed by atoms with E-state index in [4.69, 9.17) is 4.74 Å². The Kier molecular flexibility index (Phi) is 5.10. The third kappa shape index (κ3) is 4.24. The number of carbonyl (C=O) groups excluding carboxylic acids is 1. The number of aromatic nitrogens is 2. The zero-order chi connectivity index (χ0) is 17.6. The van der Waals surface area contributed by atoms with Crippen LogP contribution in [0.4, 0.5) is 5.69 Å². The number of nitro benzene ring substituents is 1. The normalized spacial score (nSPS) is 10.4. The van der Waals surface area contributed by atoms with Gasteiger partial charge in [-0.25, -0.2) is 4.98 Å². The average Bonchev–Trinajstić information content (AvgIpc) is 3.09. The second-order valence-corrected chi connectivity index (χ2v) is 5.94. The van der Waals surface area contributed by atoms with Gasteiger partial charge in [-0.05, 0) is 18.2 Å². The van der Waals surface area contributed by atoms with Crippen molar-refractivity contribution in [3.63, 3.8) is 0 Å². The monoisotopic (exact) mass is 355 g/mol. The van der Waals surface area contributed by atoms with E-state index in [0.717, 1.165) is 10.7 Å². The van der Waals surface area contributed by atoms with Crippen molar-refractivity contribution in [1.82, 2.24) is 9.97 Å². The van der Waals surface area contributed by atoms with Gasteiger partial charge in [-0.15, -0.1) is 11.3 Å². The smallest absolute Gasteiger partial charge is 0.312 e. The molecular weight excluding hydrogens is 342 g/mol. The van der Waals surface area contributed by atoms with Crippen LogP contribution in [0.1, 0.15) is 11.3 Å². The lowest BCUT2D eigenvalue weighted by molar-refractivity contribution is -0.385. The van der Waals surface area contributed by atoms with Crippen LogP contribution >= 0.6 is 11.3 Å². The summed E-state index contributed by atoms with van der Waals surface area (Å²) < 4.78 is 5.14. The van der Waals surface area contributed by atoms with Crippen LogP contribution in [-0.4, -0.2) is 20.9 Å². The van der Waals surface area contributed by atoms with Crippen molar-refractivity contribution >= 4 is 23.0 Å². The van der Waals surface area contributed by atoms with E-state index in [0.29, 0.717) is 11.3 Å². The molecule has 0 saturated carbocycles. The molecule has 0 spiro atoms. The number of para-hydroxylation sites is 1. The fourth-order valence-corrected chi connectivity index (χ4v) is 2.96. The standard InChI is InChI=1S/C17H13N3O4S/c21-16(24-10-12-5-1-2-7-15(12)20(22)23)9-13-11-25-17(19-13)14-6-3-4-8-18-14/h1-8,11H,9-10H2. The SMILES string of the molecule is O=C(Cc1csc(-c2ccccn2)n1)OCc1ccccc1[N+](=O)[O-]. The Morgan fingerprint density at radius 1 is 1.20 bits per heavy atom. The molecule has 0 amide bonds. The molecule has 0 bridgehead atoms. The summed E-state index contributed by atoms with van der Waals surface area (Å²) >= 11 is 1.39. The van der Waals surface area contributed by atoms with Gasteiger partial charge < -0.3 is 4.74 Å². The fraction of sp³-hybridized carbons (Fsp3) is 0.118. The maximum Gasteiger partial charge on any atom is 0.312 e. The molecule has 126 valence electrons. The summed E-state index contributed by atoms with van der Waals surface area (Å²) in [6.45, 7) is -0.146. The highest BCUT2D eigenvalue weighted by Crippen LogP contribution is 2.22. The Balaban J connectivity index is 1.61. The highest BCUT2D eigenvalue weighted by molar-refractivity contribution is 7.13. The van der Waals surface area contributed by atoms with Crippen LogP contribution in [0.5, 0.6) is 0 Å². The lowest BCUT2D eigenvalue weighted by Gasteiger charge is -2.04. The van der Waals surface area contributed by atoms with Crippen molar-refractivity contribution in [1.29, 1.82) is 0 Å². The van der Waals surface area contributed by atoms with E-state index in [1.54, 1.807) is 29.8 Å². The summed E-state index contributed by atoms with van der Waals surface area (Å²) in [7, 11) is 0. The second kappa shape index (κ2) is 7.63. The molecule has 3 rings (SSSR count). The molecule has 0 aliphatic rings. The number of carbonyl (C=O) groups is 1. The number of pyridine rings is 1. The van der Waals surface area contributed by atoms with Gasteiger partial charge >= 0.3 is 5.97 Å². The van der Waals surface area contributed by atoms with Crippen LogP contribution in [0.15, 0.2) is 54.0 Å². The maximum atomic E-state index is 12.0. The fourth-order valence-electron chi connectivity index (χ4n) is 2.16. The Morgan fingerprint density at radius 3 is 2.76 bits per heavy atom. The van der Waals surface area contributed by atoms with Gasteiger partial charge in [-0.2, -0.15) is 0 Å². The minimum absolute atomic E-state index is 0.00393. The maximum absolute atomic E-state index is 12.0. The zero-order valence-corrected chi connectivity index (χ0v) is 13.8. The van der Waals surface area contributed by atoms with Gasteiger partial charge in [0.25, 0.3) is 5.69 Å². The highest BCUT2D eigenvalue weighted by atomic mass is 32.1. The Morgan fingerprint density at radius 2 is 2.00 bits per heavy atom. The van der Waals surface area contributed by atoms with E-state index in [1.165, 1.54) is 17.4 Å². The van der Waals surface area contributed by atoms with Gasteiger partial charge in [0.05, 0.1) is 28.3 Å². The van der Waals surface area contributed by atoms with Crippen LogP contribution in [-0.2, 0) is 22.6 Å². The summed E-state index contributed by atoms with van der Waals surface area (Å²) in [5, 5.41) is 13.4. The molecule has 0 aliphatic heterocycles. The summed E-state index contributed by atoms with van der Waals surface area (Å²) in [6, 6.07) is 11.7. The second-order valence-electron chi connectivity index (χ2n) is 5.08. The molecule has 0 atom stereocenters. The molecule has 2 aromatic heterocycles. The summed E-state index contributed by atoms with van der Waals surface area (Å²) in [5.41, 5.74) is 1.61. The molecule has 0 unspecified atom stereocenters. The van der Waals surface area contributed by atoms with E-state index < -0.39 is 10.9 Å². The van der Waals surface area contributed by atoms with Gasteiger partial charge in [-0.1, -0.05) is 18.2 Å². The van der Waals surface area contributed by atoms with Crippen molar-refractivity contribution in [3.05, 3.63) is 75.4 Å². The summed E-state index contributed by atoms with van der Waals surface area (Å²) in [6.07, 6.45) is 1.68. The van der Waals surface area contributed by atoms with Crippen LogP contribution in [0.2, 0.25) is 0 Å². The van der Waals surface area contributed by atoms with E-state index >= 15 is 0 Å². The number of hydrogen-bond donors (Lipinski definition) is 0. The Labute approximate surface area is 147 Å². The number of nitrogens with zero attached hydrogens (tertiary/aromatic N) is 3. The van der Waals surface area contributed by atoms with Crippen molar-refractivity contribution in [2.75, 3.05) is 0 Å². The average molecular weight is 355 g/mol. The van der Waals surface area contributed by atoms with Gasteiger partial charge in [-0.3, -0.25) is 19.9 Å². The minimum Gasteiger partial charge on any atom is -0.460 e. The van der Waals surface area contributed by atoms with E-state index in [1.807, 2.05) is 18.2 Å². The molecule has 0 saturated heterocycles. The molecule has 3 aromatic rings. The van der Waals surface area contributed by atoms with Gasteiger partial charge in [0.1, 0.15) is 11.6 Å². The quantitative estimate of drug-likeness (QED) is 0.382. The Hall–Kier alpha value is -3.13. The number of ether oxygens (including phenoxy) is 1. The number of nitro groups is 1. The molecule has 7 nitrogen and oxygen atoms in total. The molecule has 0 radical (unpaired) electrons. The third-order valence-electron chi connectivity index (χ3n) is 3.34. The van der Waals surface area contributed by atoms with Crippen molar-refractivity contribution in [2.45, 2.75) is 13.0 Å². The van der Waals surface area contributed by atoms with Crippen molar-refractivity contribution in [2.24, 2.45) is 0 Å². The summed E-state index contributed by atoms with van der Waals surface area (Å²) in [4.78, 5) is 31.0. The van der Waals surface area contributed by atoms with E-state index in [9.17, 15) is 14.9 Å².